The molecule has 5 nitrogen and oxygen atoms in total. The van der Waals surface area contributed by atoms with Crippen molar-refractivity contribution < 1.29 is 9.53 Å². The summed E-state index contributed by atoms with van der Waals surface area (Å²) in [6.45, 7) is 4.65. The predicted octanol–water partition coefficient (Wildman–Crippen LogP) is 6.91. The van der Waals surface area contributed by atoms with Gasteiger partial charge in [-0.25, -0.2) is 0 Å². The van der Waals surface area contributed by atoms with Gasteiger partial charge in [0.05, 0.1) is 11.8 Å². The van der Waals surface area contributed by atoms with Gasteiger partial charge in [-0.3, -0.25) is 9.36 Å². The van der Waals surface area contributed by atoms with Gasteiger partial charge in [0.2, 0.25) is 0 Å². The maximum absolute atomic E-state index is 13.7. The van der Waals surface area contributed by atoms with Gasteiger partial charge in [0.1, 0.15) is 18.1 Å². The molecular formula is C31H37N3O2S. The van der Waals surface area contributed by atoms with E-state index in [9.17, 15) is 4.79 Å². The highest BCUT2D eigenvalue weighted by Gasteiger charge is 2.54. The van der Waals surface area contributed by atoms with E-state index < -0.39 is 0 Å². The Morgan fingerprint density at radius 1 is 1.00 bits per heavy atom. The lowest BCUT2D eigenvalue weighted by Crippen LogP contribution is -2.50. The summed E-state index contributed by atoms with van der Waals surface area (Å²) in [6.07, 6.45) is 8.41. The van der Waals surface area contributed by atoms with Crippen LogP contribution in [0.4, 0.5) is 0 Å². The van der Waals surface area contributed by atoms with Crippen LogP contribution in [0.25, 0.3) is 0 Å². The Labute approximate surface area is 224 Å². The number of ether oxygens (including phenoxy) is 1. The Bertz CT molecular complexity index is 1200. The van der Waals surface area contributed by atoms with E-state index in [1.54, 1.807) is 11.8 Å². The van der Waals surface area contributed by atoms with Crippen molar-refractivity contribution in [1.82, 2.24) is 14.8 Å². The Morgan fingerprint density at radius 3 is 2.27 bits per heavy atom. The minimum atomic E-state index is -0.0752. The van der Waals surface area contributed by atoms with Crippen molar-refractivity contribution >= 4 is 17.5 Å². The molecular weight excluding hydrogens is 478 g/mol. The first-order valence-electron chi connectivity index (χ1n) is 13.9. The highest BCUT2D eigenvalue weighted by molar-refractivity contribution is 7.99. The van der Waals surface area contributed by atoms with Gasteiger partial charge in [-0.1, -0.05) is 61.2 Å². The smallest absolute Gasteiger partial charge is 0.192 e. The fraction of sp³-hybridized carbons (Fsp3) is 0.516. The Balaban J connectivity index is 1.21. The number of rotatable bonds is 10. The van der Waals surface area contributed by atoms with Gasteiger partial charge in [0, 0.05) is 5.41 Å². The van der Waals surface area contributed by atoms with Crippen molar-refractivity contribution in [2.75, 3.05) is 5.75 Å². The summed E-state index contributed by atoms with van der Waals surface area (Å²) in [5.74, 6) is 4.84. The fourth-order valence-corrected chi connectivity index (χ4v) is 8.55. The number of ketones is 1. The van der Waals surface area contributed by atoms with Gasteiger partial charge >= 0.3 is 0 Å². The SMILES string of the molecule is CCc1ccc(OCc2nnc(SCC(=O)C34CC5CC(CC(C5)C3)C4)n2[C@@H](C)c2ccccc2)cc1. The third-order valence-corrected chi connectivity index (χ3v) is 10.0. The second-order valence-electron chi connectivity index (χ2n) is 11.6. The van der Waals surface area contributed by atoms with Crippen LogP contribution in [0.5, 0.6) is 5.75 Å². The van der Waals surface area contributed by atoms with Crippen molar-refractivity contribution in [3.63, 3.8) is 0 Å². The highest BCUT2D eigenvalue weighted by Crippen LogP contribution is 2.60. The molecule has 4 fully saturated rings. The normalized spacial score (nSPS) is 26.8. The van der Waals surface area contributed by atoms with Crippen LogP contribution < -0.4 is 4.74 Å². The number of thioether (sulfide) groups is 1. The molecule has 4 aliphatic rings. The molecule has 0 amide bonds. The van der Waals surface area contributed by atoms with Gasteiger partial charge in [-0.05, 0) is 92.9 Å². The first kappa shape index (κ1) is 24.7. The van der Waals surface area contributed by atoms with Crippen LogP contribution in [0.1, 0.15) is 75.4 Å². The Morgan fingerprint density at radius 2 is 1.65 bits per heavy atom. The summed E-state index contributed by atoms with van der Waals surface area (Å²) < 4.78 is 8.28. The molecule has 3 aromatic rings. The lowest BCUT2D eigenvalue weighted by atomic mass is 9.48. The molecule has 4 saturated carbocycles. The lowest BCUT2D eigenvalue weighted by molar-refractivity contribution is -0.141. The second kappa shape index (κ2) is 10.3. The molecule has 0 radical (unpaired) electrons. The number of aromatic nitrogens is 3. The van der Waals surface area contributed by atoms with Crippen LogP contribution in [0.2, 0.25) is 0 Å². The number of hydrogen-bond acceptors (Lipinski definition) is 5. The average molecular weight is 516 g/mol. The average Bonchev–Trinajstić information content (AvgIpc) is 3.32. The van der Waals surface area contributed by atoms with Gasteiger partial charge < -0.3 is 4.74 Å². The molecule has 0 saturated heterocycles. The van der Waals surface area contributed by atoms with E-state index in [0.717, 1.165) is 60.2 Å². The van der Waals surface area contributed by atoms with Crippen LogP contribution in [-0.2, 0) is 17.8 Å². The Kier molecular flexibility index (Phi) is 6.87. The second-order valence-corrected chi connectivity index (χ2v) is 12.5. The predicted molar refractivity (Wildman–Crippen MR) is 147 cm³/mol. The first-order valence-corrected chi connectivity index (χ1v) is 14.9. The van der Waals surface area contributed by atoms with Crippen LogP contribution in [-0.4, -0.2) is 26.3 Å². The topological polar surface area (TPSA) is 57.0 Å². The largest absolute Gasteiger partial charge is 0.486 e. The molecule has 7 rings (SSSR count). The number of Topliss-reactive ketones (excluding diaryl/α,β-unsaturated/α-hetero) is 1. The zero-order valence-electron chi connectivity index (χ0n) is 21.9. The number of carbonyl (C=O) groups is 1. The van der Waals surface area contributed by atoms with Crippen LogP contribution in [0.3, 0.4) is 0 Å². The quantitative estimate of drug-likeness (QED) is 0.275. The number of carbonyl (C=O) groups excluding carboxylic acids is 1. The molecule has 0 N–H and O–H groups in total. The lowest BCUT2D eigenvalue weighted by Gasteiger charge is -2.56. The molecule has 1 aromatic heterocycles. The monoisotopic (exact) mass is 515 g/mol. The standard InChI is InChI=1S/C31H37N3O2S/c1-3-22-9-11-27(12-10-22)36-19-29-32-33-30(34(29)21(2)26-7-5-4-6-8-26)37-20-28(35)31-16-23-13-24(17-31)15-25(14-23)18-31/h4-12,21,23-25H,3,13-20H2,1-2H3/t21-,23?,24?,25?,31?/m0/s1. The number of benzene rings is 2. The summed E-state index contributed by atoms with van der Waals surface area (Å²) in [4.78, 5) is 13.7. The third-order valence-electron chi connectivity index (χ3n) is 9.07. The number of nitrogens with zero attached hydrogens (tertiary/aromatic N) is 3. The summed E-state index contributed by atoms with van der Waals surface area (Å²) in [6, 6.07) is 18.7. The zero-order chi connectivity index (χ0) is 25.4. The molecule has 2 aromatic carbocycles. The maximum atomic E-state index is 13.7. The van der Waals surface area contributed by atoms with Gasteiger partial charge in [-0.15, -0.1) is 10.2 Å². The zero-order valence-corrected chi connectivity index (χ0v) is 22.8. The Hall–Kier alpha value is -2.60. The van der Waals surface area contributed by atoms with Crippen molar-refractivity contribution in [3.8, 4) is 5.75 Å². The van der Waals surface area contributed by atoms with Crippen molar-refractivity contribution in [2.45, 2.75) is 76.6 Å². The van der Waals surface area contributed by atoms with Gasteiger partial charge in [0.25, 0.3) is 0 Å². The molecule has 4 aliphatic carbocycles. The van der Waals surface area contributed by atoms with Crippen LogP contribution in [0, 0.1) is 23.2 Å². The fourth-order valence-electron chi connectivity index (χ4n) is 7.48. The molecule has 0 aliphatic heterocycles. The van der Waals surface area contributed by atoms with E-state index in [1.165, 1.54) is 30.4 Å². The van der Waals surface area contributed by atoms with E-state index in [0.29, 0.717) is 18.1 Å². The van der Waals surface area contributed by atoms with Crippen molar-refractivity contribution in [1.29, 1.82) is 0 Å². The van der Waals surface area contributed by atoms with Crippen molar-refractivity contribution in [2.24, 2.45) is 23.2 Å². The molecule has 4 bridgehead atoms. The van der Waals surface area contributed by atoms with Crippen LogP contribution >= 0.6 is 11.8 Å². The summed E-state index contributed by atoms with van der Waals surface area (Å²) in [5.41, 5.74) is 2.40. The summed E-state index contributed by atoms with van der Waals surface area (Å²) >= 11 is 1.56. The van der Waals surface area contributed by atoms with E-state index in [-0.39, 0.29) is 11.5 Å². The first-order chi connectivity index (χ1) is 18.0. The van der Waals surface area contributed by atoms with Gasteiger partial charge in [0.15, 0.2) is 11.0 Å². The maximum Gasteiger partial charge on any atom is 0.192 e. The highest BCUT2D eigenvalue weighted by atomic mass is 32.2. The van der Waals surface area contributed by atoms with E-state index in [1.807, 2.05) is 18.2 Å². The minimum absolute atomic E-state index is 0.0365. The minimum Gasteiger partial charge on any atom is -0.486 e. The van der Waals surface area contributed by atoms with E-state index in [4.69, 9.17) is 4.74 Å². The van der Waals surface area contributed by atoms with Gasteiger partial charge in [-0.2, -0.15) is 0 Å². The summed E-state index contributed by atoms with van der Waals surface area (Å²) in [5, 5.41) is 9.90. The number of aryl methyl sites for hydroxylation is 1. The molecule has 0 spiro atoms. The summed E-state index contributed by atoms with van der Waals surface area (Å²) in [7, 11) is 0. The molecule has 194 valence electrons. The number of hydrogen-bond donors (Lipinski definition) is 0. The molecule has 1 heterocycles. The molecule has 0 unspecified atom stereocenters. The van der Waals surface area contributed by atoms with Crippen LogP contribution in [0.15, 0.2) is 59.8 Å². The van der Waals surface area contributed by atoms with Crippen molar-refractivity contribution in [3.05, 3.63) is 71.5 Å². The third kappa shape index (κ3) is 4.97. The van der Waals surface area contributed by atoms with E-state index in [2.05, 4.69) is 65.0 Å². The van der Waals surface area contributed by atoms with E-state index >= 15 is 0 Å². The molecule has 6 heteroatoms. The molecule has 1 atom stereocenters. The molecule has 37 heavy (non-hydrogen) atoms.